The molecule has 0 radical (unpaired) electrons. The van der Waals surface area contributed by atoms with Gasteiger partial charge in [0.2, 0.25) is 0 Å². The van der Waals surface area contributed by atoms with Crippen LogP contribution in [-0.2, 0) is 4.79 Å². The van der Waals surface area contributed by atoms with Gasteiger partial charge < -0.3 is 5.32 Å². The van der Waals surface area contributed by atoms with E-state index in [4.69, 9.17) is 16.7 Å². The molecule has 1 aliphatic heterocycles. The molecular formula is C24H34ClN3O. The minimum absolute atomic E-state index is 0.0191. The summed E-state index contributed by atoms with van der Waals surface area (Å²) >= 11 is 6.23. The fourth-order valence-electron chi connectivity index (χ4n) is 5.89. The number of benzene rings is 1. The van der Waals surface area contributed by atoms with Crippen molar-refractivity contribution < 1.29 is 4.79 Å². The minimum Gasteiger partial charge on any atom is -0.348 e. The van der Waals surface area contributed by atoms with E-state index in [2.05, 4.69) is 44.1 Å². The lowest BCUT2D eigenvalue weighted by Gasteiger charge is -2.39. The van der Waals surface area contributed by atoms with Crippen LogP contribution in [0.3, 0.4) is 0 Å². The van der Waals surface area contributed by atoms with Gasteiger partial charge >= 0.3 is 0 Å². The van der Waals surface area contributed by atoms with Crippen LogP contribution in [0, 0.1) is 16.7 Å². The number of hydrogen-bond acceptors (Lipinski definition) is 3. The summed E-state index contributed by atoms with van der Waals surface area (Å²) in [6, 6.07) is 8.30. The summed E-state index contributed by atoms with van der Waals surface area (Å²) in [7, 11) is 0. The van der Waals surface area contributed by atoms with E-state index >= 15 is 0 Å². The van der Waals surface area contributed by atoms with E-state index in [1.807, 2.05) is 18.2 Å². The van der Waals surface area contributed by atoms with Gasteiger partial charge in [-0.05, 0) is 60.1 Å². The van der Waals surface area contributed by atoms with Crippen LogP contribution >= 0.6 is 11.6 Å². The van der Waals surface area contributed by atoms with Crippen LogP contribution in [0.1, 0.15) is 77.8 Å². The maximum Gasteiger partial charge on any atom is 0.267 e. The molecule has 5 heteroatoms. The lowest BCUT2D eigenvalue weighted by molar-refractivity contribution is -0.116. The van der Waals surface area contributed by atoms with Gasteiger partial charge in [-0.2, -0.15) is 5.10 Å². The molecule has 1 unspecified atom stereocenters. The Morgan fingerprint density at radius 2 is 2.14 bits per heavy atom. The maximum atomic E-state index is 13.2. The number of carbonyl (C=O) groups is 1. The number of fused-ring (bicyclic) bond motifs is 2. The number of carbonyl (C=O) groups excluding carboxylic acids is 1. The third-order valence-corrected chi connectivity index (χ3v) is 8.57. The van der Waals surface area contributed by atoms with Gasteiger partial charge in [-0.25, -0.2) is 0 Å². The number of hydrazone groups is 1. The third-order valence-electron chi connectivity index (χ3n) is 8.33. The van der Waals surface area contributed by atoms with Crippen molar-refractivity contribution in [3.05, 3.63) is 34.9 Å². The van der Waals surface area contributed by atoms with Crippen LogP contribution in [0.4, 0.5) is 0 Å². The number of nitrogens with one attached hydrogen (secondary N) is 1. The highest BCUT2D eigenvalue weighted by atomic mass is 35.5. The van der Waals surface area contributed by atoms with E-state index in [1.165, 1.54) is 12.8 Å². The Balaban J connectivity index is 1.50. The second-order valence-electron chi connectivity index (χ2n) is 9.97. The van der Waals surface area contributed by atoms with Crippen molar-refractivity contribution in [2.75, 3.05) is 6.54 Å². The third kappa shape index (κ3) is 3.48. The molecule has 4 nitrogen and oxygen atoms in total. The average Bonchev–Trinajstić information content (AvgIpc) is 3.26. The van der Waals surface area contributed by atoms with Gasteiger partial charge in [-0.15, -0.1) is 0 Å². The van der Waals surface area contributed by atoms with E-state index in [1.54, 1.807) is 0 Å². The van der Waals surface area contributed by atoms with E-state index in [0.29, 0.717) is 23.5 Å². The van der Waals surface area contributed by atoms with Gasteiger partial charge in [0.15, 0.2) is 0 Å². The molecule has 1 heterocycles. The highest BCUT2D eigenvalue weighted by Crippen LogP contribution is 2.65. The van der Waals surface area contributed by atoms with Crippen molar-refractivity contribution in [3.63, 3.8) is 0 Å². The van der Waals surface area contributed by atoms with Crippen LogP contribution in [0.5, 0.6) is 0 Å². The molecule has 1 aromatic rings. The normalized spacial score (nSPS) is 32.5. The molecule has 3 aliphatic rings. The molecule has 2 saturated carbocycles. The summed E-state index contributed by atoms with van der Waals surface area (Å²) in [6.45, 7) is 10.2. The average molecular weight is 416 g/mol. The second kappa shape index (κ2) is 7.61. The summed E-state index contributed by atoms with van der Waals surface area (Å²) in [5.74, 6) is 0.731. The van der Waals surface area contributed by atoms with Crippen LogP contribution < -0.4 is 5.32 Å². The minimum atomic E-state index is 0.0191. The van der Waals surface area contributed by atoms with Crippen LogP contribution in [0.15, 0.2) is 29.4 Å². The lowest BCUT2D eigenvalue weighted by Crippen LogP contribution is -2.48. The molecule has 2 fully saturated rings. The Hall–Kier alpha value is -1.55. The molecule has 2 bridgehead atoms. The van der Waals surface area contributed by atoms with Gasteiger partial charge in [0, 0.05) is 24.0 Å². The van der Waals surface area contributed by atoms with E-state index in [-0.39, 0.29) is 23.4 Å². The van der Waals surface area contributed by atoms with Gasteiger partial charge in [0.25, 0.3) is 5.91 Å². The van der Waals surface area contributed by atoms with Crippen molar-refractivity contribution in [3.8, 4) is 0 Å². The SMILES string of the molecule is CCCCN1N=C(C(=O)N[C@H]2C[C@H]3CC[C@]2(C)C3(C)C)CC1c1cccc(Cl)c1. The number of unbranched alkanes of at least 4 members (excludes halogenated alkanes) is 1. The van der Waals surface area contributed by atoms with Crippen LogP contribution in [0.25, 0.3) is 0 Å². The van der Waals surface area contributed by atoms with Gasteiger partial charge in [0.1, 0.15) is 5.71 Å². The molecule has 158 valence electrons. The first-order chi connectivity index (χ1) is 13.8. The summed E-state index contributed by atoms with van der Waals surface area (Å²) in [5.41, 5.74) is 2.27. The molecule has 0 saturated heterocycles. The Kier molecular flexibility index (Phi) is 5.43. The van der Waals surface area contributed by atoms with Crippen molar-refractivity contribution in [1.29, 1.82) is 0 Å². The summed E-state index contributed by atoms with van der Waals surface area (Å²) in [5, 5.41) is 11.0. The summed E-state index contributed by atoms with van der Waals surface area (Å²) in [4.78, 5) is 13.2. The second-order valence-corrected chi connectivity index (χ2v) is 10.4. The zero-order valence-corrected chi connectivity index (χ0v) is 18.9. The highest BCUT2D eigenvalue weighted by molar-refractivity contribution is 6.39. The van der Waals surface area contributed by atoms with Crippen molar-refractivity contribution in [1.82, 2.24) is 10.3 Å². The van der Waals surface area contributed by atoms with Gasteiger partial charge in [-0.3, -0.25) is 9.80 Å². The maximum absolute atomic E-state index is 13.2. The van der Waals surface area contributed by atoms with Crippen molar-refractivity contribution in [2.45, 2.75) is 78.3 Å². The molecule has 1 amide bonds. The Morgan fingerprint density at radius 3 is 2.76 bits per heavy atom. The molecular weight excluding hydrogens is 382 g/mol. The largest absolute Gasteiger partial charge is 0.348 e. The Morgan fingerprint density at radius 1 is 1.34 bits per heavy atom. The van der Waals surface area contributed by atoms with E-state index < -0.39 is 0 Å². The molecule has 4 rings (SSSR count). The molecule has 1 aromatic carbocycles. The summed E-state index contributed by atoms with van der Waals surface area (Å²) < 4.78 is 0. The summed E-state index contributed by atoms with van der Waals surface area (Å²) in [6.07, 6.45) is 6.40. The monoisotopic (exact) mass is 415 g/mol. The number of nitrogens with zero attached hydrogens (tertiary/aromatic N) is 2. The quantitative estimate of drug-likeness (QED) is 0.659. The van der Waals surface area contributed by atoms with Crippen LogP contribution in [0.2, 0.25) is 5.02 Å². The Labute approximate surface area is 180 Å². The number of amides is 1. The molecule has 4 atom stereocenters. The number of rotatable bonds is 6. The standard InChI is InChI=1S/C24H34ClN3O/c1-5-6-12-28-20(16-8-7-9-18(25)13-16)15-19(27-28)22(29)26-21-14-17-10-11-24(21,4)23(17,2)3/h7-9,13,17,20-21H,5-6,10-12,14-15H2,1-4H3,(H,26,29)/t17-,20?,21+,24+/m1/s1. The smallest absolute Gasteiger partial charge is 0.267 e. The first-order valence-corrected chi connectivity index (χ1v) is 11.5. The van der Waals surface area contributed by atoms with Crippen molar-refractivity contribution >= 4 is 23.2 Å². The van der Waals surface area contributed by atoms with E-state index in [9.17, 15) is 4.79 Å². The molecule has 0 aromatic heterocycles. The highest BCUT2D eigenvalue weighted by Gasteiger charge is 2.61. The van der Waals surface area contributed by atoms with Gasteiger partial charge in [-0.1, -0.05) is 57.8 Å². The van der Waals surface area contributed by atoms with Gasteiger partial charge in [0.05, 0.1) is 6.04 Å². The predicted octanol–water partition coefficient (Wildman–Crippen LogP) is 5.57. The van der Waals surface area contributed by atoms with Crippen LogP contribution in [-0.4, -0.2) is 29.2 Å². The fourth-order valence-corrected chi connectivity index (χ4v) is 6.08. The molecule has 0 spiro atoms. The molecule has 29 heavy (non-hydrogen) atoms. The zero-order chi connectivity index (χ0) is 20.8. The first-order valence-electron chi connectivity index (χ1n) is 11.2. The van der Waals surface area contributed by atoms with E-state index in [0.717, 1.165) is 36.4 Å². The number of hydrogen-bond donors (Lipinski definition) is 1. The first kappa shape index (κ1) is 20.7. The lowest BCUT2D eigenvalue weighted by atomic mass is 9.69. The Bertz CT molecular complexity index is 820. The molecule has 1 N–H and O–H groups in total. The molecule has 2 aliphatic carbocycles. The zero-order valence-electron chi connectivity index (χ0n) is 18.2. The fraction of sp³-hybridized carbons (Fsp3) is 0.667. The topological polar surface area (TPSA) is 44.7 Å². The number of halogens is 1. The predicted molar refractivity (Wildman–Crippen MR) is 119 cm³/mol. The van der Waals surface area contributed by atoms with Crippen molar-refractivity contribution in [2.24, 2.45) is 21.8 Å².